The molecular formula is C22H23NO3. The van der Waals surface area contributed by atoms with Crippen LogP contribution < -0.4 is 4.74 Å². The number of carbonyl (C=O) groups is 1. The molecule has 4 rings (SSSR count). The Bertz CT molecular complexity index is 815. The van der Waals surface area contributed by atoms with E-state index in [9.17, 15) is 4.79 Å². The van der Waals surface area contributed by atoms with Gasteiger partial charge in [0.2, 0.25) is 0 Å². The van der Waals surface area contributed by atoms with E-state index in [4.69, 9.17) is 9.47 Å². The molecule has 2 atom stereocenters. The Labute approximate surface area is 154 Å². The van der Waals surface area contributed by atoms with Crippen molar-refractivity contribution < 1.29 is 14.3 Å². The maximum atomic E-state index is 11.3. The zero-order valence-corrected chi connectivity index (χ0v) is 14.9. The fourth-order valence-electron chi connectivity index (χ4n) is 3.94. The molecule has 0 amide bonds. The average Bonchev–Trinajstić information content (AvgIpc) is 2.68. The smallest absolute Gasteiger partial charge is 0.153 e. The number of ether oxygens (including phenoxy) is 2. The van der Waals surface area contributed by atoms with Crippen molar-refractivity contribution in [2.75, 3.05) is 20.3 Å². The van der Waals surface area contributed by atoms with Gasteiger partial charge in [0.05, 0.1) is 31.9 Å². The van der Waals surface area contributed by atoms with Crippen molar-refractivity contribution >= 4 is 11.9 Å². The molecule has 2 aromatic carbocycles. The number of hydrogen-bond acceptors (Lipinski definition) is 4. The highest BCUT2D eigenvalue weighted by atomic mass is 16.5. The van der Waals surface area contributed by atoms with Crippen molar-refractivity contribution in [3.05, 3.63) is 71.3 Å². The molecule has 4 nitrogen and oxygen atoms in total. The minimum absolute atomic E-state index is 0.263. The van der Waals surface area contributed by atoms with Crippen molar-refractivity contribution in [2.24, 2.45) is 0 Å². The van der Waals surface area contributed by atoms with Crippen LogP contribution >= 0.6 is 0 Å². The fraction of sp³-hybridized carbons (Fsp3) is 0.318. The third-order valence-corrected chi connectivity index (χ3v) is 5.28. The van der Waals surface area contributed by atoms with Gasteiger partial charge in [-0.2, -0.15) is 0 Å². The zero-order chi connectivity index (χ0) is 17.9. The summed E-state index contributed by atoms with van der Waals surface area (Å²) in [5.41, 5.74) is 4.32. The van der Waals surface area contributed by atoms with Crippen LogP contribution in [0.3, 0.4) is 0 Å². The molecule has 0 N–H and O–H groups in total. The predicted molar refractivity (Wildman–Crippen MR) is 101 cm³/mol. The van der Waals surface area contributed by atoms with E-state index in [0.29, 0.717) is 24.0 Å². The lowest BCUT2D eigenvalue weighted by molar-refractivity contribution is -0.0402. The van der Waals surface area contributed by atoms with Crippen molar-refractivity contribution in [3.63, 3.8) is 0 Å². The summed E-state index contributed by atoms with van der Waals surface area (Å²) in [4.78, 5) is 13.9. The molecule has 2 unspecified atom stereocenters. The molecule has 2 bridgehead atoms. The van der Waals surface area contributed by atoms with Gasteiger partial charge >= 0.3 is 0 Å². The van der Waals surface area contributed by atoms with E-state index in [1.807, 2.05) is 18.2 Å². The number of fused-ring (bicyclic) bond motifs is 2. The van der Waals surface area contributed by atoms with Crippen LogP contribution in [-0.2, 0) is 11.3 Å². The molecule has 4 heteroatoms. The van der Waals surface area contributed by atoms with Gasteiger partial charge in [0.1, 0.15) is 5.75 Å². The summed E-state index contributed by atoms with van der Waals surface area (Å²) in [5, 5.41) is 0. The highest BCUT2D eigenvalue weighted by molar-refractivity contribution is 5.82. The number of rotatable bonds is 5. The monoisotopic (exact) mass is 349 g/mol. The molecule has 0 saturated carbocycles. The molecule has 0 radical (unpaired) electrons. The molecule has 1 fully saturated rings. The largest absolute Gasteiger partial charge is 0.496 e. The molecule has 0 aromatic heterocycles. The Morgan fingerprint density at radius 3 is 2.77 bits per heavy atom. The van der Waals surface area contributed by atoms with Gasteiger partial charge in [0, 0.05) is 12.6 Å². The van der Waals surface area contributed by atoms with Crippen molar-refractivity contribution in [2.45, 2.75) is 25.0 Å². The molecular weight excluding hydrogens is 326 g/mol. The molecule has 2 heterocycles. The maximum Gasteiger partial charge on any atom is 0.153 e. The van der Waals surface area contributed by atoms with Crippen LogP contribution in [0.5, 0.6) is 5.75 Å². The lowest BCUT2D eigenvalue weighted by atomic mass is 9.88. The molecule has 1 saturated heterocycles. The Hall–Kier alpha value is -2.43. The third-order valence-electron chi connectivity index (χ3n) is 5.28. The van der Waals surface area contributed by atoms with E-state index in [-0.39, 0.29) is 6.04 Å². The number of nitrogens with zero attached hydrogens (tertiary/aromatic N) is 1. The van der Waals surface area contributed by atoms with Crippen molar-refractivity contribution in [3.8, 4) is 5.75 Å². The number of morpholine rings is 1. The minimum atomic E-state index is 0.263. The number of carbonyl (C=O) groups excluding carboxylic acids is 1. The van der Waals surface area contributed by atoms with E-state index in [1.54, 1.807) is 7.11 Å². The molecule has 2 aliphatic rings. The van der Waals surface area contributed by atoms with Gasteiger partial charge in [-0.05, 0) is 35.3 Å². The van der Waals surface area contributed by atoms with Crippen molar-refractivity contribution in [1.82, 2.24) is 4.90 Å². The van der Waals surface area contributed by atoms with Crippen LogP contribution in [0.25, 0.3) is 5.57 Å². The van der Waals surface area contributed by atoms with Crippen LogP contribution in [0.15, 0.2) is 54.6 Å². The quantitative estimate of drug-likeness (QED) is 0.774. The van der Waals surface area contributed by atoms with Gasteiger partial charge in [-0.3, -0.25) is 9.69 Å². The summed E-state index contributed by atoms with van der Waals surface area (Å²) in [6.07, 6.45) is 4.08. The second-order valence-corrected chi connectivity index (χ2v) is 6.89. The van der Waals surface area contributed by atoms with Crippen LogP contribution in [0, 0.1) is 0 Å². The maximum absolute atomic E-state index is 11.3. The van der Waals surface area contributed by atoms with Gasteiger partial charge in [-0.25, -0.2) is 0 Å². The topological polar surface area (TPSA) is 38.8 Å². The van der Waals surface area contributed by atoms with E-state index >= 15 is 0 Å². The van der Waals surface area contributed by atoms with Gasteiger partial charge in [0.15, 0.2) is 6.29 Å². The fourth-order valence-corrected chi connectivity index (χ4v) is 3.94. The standard InChI is InChI=1S/C22H23NO3/c1-25-22-8-7-17(9-19(22)13-24)18-10-20-14-26-15-21(11-18)23(20)12-16-5-3-2-4-6-16/h2-10,13,20-21H,11-12,14-15H2,1H3. The van der Waals surface area contributed by atoms with Gasteiger partial charge in [-0.15, -0.1) is 0 Å². The van der Waals surface area contributed by atoms with E-state index in [2.05, 4.69) is 41.3 Å². The summed E-state index contributed by atoms with van der Waals surface area (Å²) in [6, 6.07) is 17.1. The minimum Gasteiger partial charge on any atom is -0.496 e. The van der Waals surface area contributed by atoms with E-state index in [1.165, 1.54) is 11.1 Å². The summed E-state index contributed by atoms with van der Waals surface area (Å²) in [6.45, 7) is 2.40. The first kappa shape index (κ1) is 17.0. The number of methoxy groups -OCH3 is 1. The lowest BCUT2D eigenvalue weighted by Crippen LogP contribution is -2.53. The summed E-state index contributed by atoms with van der Waals surface area (Å²) in [5.74, 6) is 0.620. The predicted octanol–water partition coefficient (Wildman–Crippen LogP) is 3.56. The van der Waals surface area contributed by atoms with Crippen LogP contribution in [-0.4, -0.2) is 43.6 Å². The molecule has 2 aliphatic heterocycles. The molecule has 0 spiro atoms. The molecule has 2 aromatic rings. The lowest BCUT2D eigenvalue weighted by Gasteiger charge is -2.45. The first-order valence-electron chi connectivity index (χ1n) is 9.00. The summed E-state index contributed by atoms with van der Waals surface area (Å²) in [7, 11) is 1.59. The van der Waals surface area contributed by atoms with Crippen LogP contribution in [0.1, 0.15) is 27.9 Å². The molecule has 0 aliphatic carbocycles. The Morgan fingerprint density at radius 2 is 2.04 bits per heavy atom. The van der Waals surface area contributed by atoms with Gasteiger partial charge < -0.3 is 9.47 Å². The van der Waals surface area contributed by atoms with Gasteiger partial charge in [-0.1, -0.05) is 42.5 Å². The third kappa shape index (κ3) is 3.30. The van der Waals surface area contributed by atoms with Gasteiger partial charge in [0.25, 0.3) is 0 Å². The number of hydrogen-bond donors (Lipinski definition) is 0. The normalized spacial score (nSPS) is 22.6. The van der Waals surface area contributed by atoms with Crippen LogP contribution in [0.4, 0.5) is 0 Å². The Balaban J connectivity index is 1.61. The second kappa shape index (κ2) is 7.44. The molecule has 26 heavy (non-hydrogen) atoms. The average molecular weight is 349 g/mol. The van der Waals surface area contributed by atoms with E-state index < -0.39 is 0 Å². The highest BCUT2D eigenvalue weighted by Crippen LogP contribution is 2.34. The Kier molecular flexibility index (Phi) is 4.87. The Morgan fingerprint density at radius 1 is 1.19 bits per heavy atom. The summed E-state index contributed by atoms with van der Waals surface area (Å²) >= 11 is 0. The first-order valence-corrected chi connectivity index (χ1v) is 9.00. The SMILES string of the molecule is COc1ccc(C2=CC3COCC(C2)N3Cc2ccccc2)cc1C=O. The summed E-state index contributed by atoms with van der Waals surface area (Å²) < 4.78 is 11.1. The van der Waals surface area contributed by atoms with Crippen molar-refractivity contribution in [1.29, 1.82) is 0 Å². The highest BCUT2D eigenvalue weighted by Gasteiger charge is 2.34. The second-order valence-electron chi connectivity index (χ2n) is 6.89. The van der Waals surface area contributed by atoms with E-state index in [0.717, 1.165) is 31.4 Å². The first-order chi connectivity index (χ1) is 12.8. The number of aldehydes is 1. The van der Waals surface area contributed by atoms with Crippen LogP contribution in [0.2, 0.25) is 0 Å². The zero-order valence-electron chi connectivity index (χ0n) is 14.9. The molecule has 134 valence electrons. The number of benzene rings is 2.